The van der Waals surface area contributed by atoms with Crippen LogP contribution in [0.15, 0.2) is 30.7 Å². The third-order valence-corrected chi connectivity index (χ3v) is 5.16. The lowest BCUT2D eigenvalue weighted by molar-refractivity contribution is -0.117. The Morgan fingerprint density at radius 3 is 2.80 bits per heavy atom. The number of pyridine rings is 2. The lowest BCUT2D eigenvalue weighted by atomic mass is 10.2. The quantitative estimate of drug-likeness (QED) is 0.708. The molecule has 3 atom stereocenters. The van der Waals surface area contributed by atoms with Crippen molar-refractivity contribution in [2.45, 2.75) is 12.8 Å². The van der Waals surface area contributed by atoms with E-state index < -0.39 is 0 Å². The first-order valence-corrected chi connectivity index (χ1v) is 8.61. The summed E-state index contributed by atoms with van der Waals surface area (Å²) in [5, 5.41) is 9.13. The number of hydrogen-bond donors (Lipinski definition) is 1. The predicted molar refractivity (Wildman–Crippen MR) is 96.8 cm³/mol. The Bertz CT molecular complexity index is 986. The average molecular weight is 376 g/mol. The maximum atomic E-state index is 12.6. The van der Waals surface area contributed by atoms with E-state index in [1.807, 2.05) is 19.4 Å². The fourth-order valence-corrected chi connectivity index (χ4v) is 3.84. The molecule has 1 N–H and O–H groups in total. The summed E-state index contributed by atoms with van der Waals surface area (Å²) in [4.78, 5) is 20.8. The molecule has 1 unspecified atom stereocenters. The van der Waals surface area contributed by atoms with Gasteiger partial charge in [0.05, 0.1) is 6.20 Å². The number of aromatic nitrogens is 4. The number of anilines is 1. The number of carbonyl (C=O) groups is 1. The third kappa shape index (κ3) is 2.96. The number of halogens is 2. The number of hydrogen-bond acceptors (Lipinski definition) is 4. The molecule has 1 aliphatic carbocycles. The lowest BCUT2D eigenvalue weighted by Crippen LogP contribution is -2.16. The number of carbonyl (C=O) groups excluding carboxylic acids is 1. The van der Waals surface area contributed by atoms with Crippen molar-refractivity contribution in [2.75, 3.05) is 5.32 Å². The van der Waals surface area contributed by atoms with Crippen LogP contribution >= 0.6 is 23.2 Å². The van der Waals surface area contributed by atoms with Crippen LogP contribution in [0.3, 0.4) is 0 Å². The van der Waals surface area contributed by atoms with E-state index in [1.54, 1.807) is 23.0 Å². The summed E-state index contributed by atoms with van der Waals surface area (Å²) in [6, 6.07) is 3.44. The molecule has 128 valence electrons. The third-order valence-electron chi connectivity index (χ3n) is 4.68. The number of aryl methyl sites for hydroxylation is 1. The summed E-state index contributed by atoms with van der Waals surface area (Å²) in [7, 11) is 1.87. The lowest BCUT2D eigenvalue weighted by Gasteiger charge is -2.06. The Morgan fingerprint density at radius 2 is 2.08 bits per heavy atom. The zero-order chi connectivity index (χ0) is 17.7. The predicted octanol–water partition coefficient (Wildman–Crippen LogP) is 3.66. The van der Waals surface area contributed by atoms with Crippen molar-refractivity contribution < 1.29 is 4.79 Å². The minimum absolute atomic E-state index is 0.0422. The number of amides is 1. The molecule has 0 aromatic carbocycles. The fourth-order valence-electron chi connectivity index (χ4n) is 3.34. The molecule has 1 amide bonds. The van der Waals surface area contributed by atoms with Gasteiger partial charge in [-0.2, -0.15) is 5.10 Å². The van der Waals surface area contributed by atoms with Gasteiger partial charge in [0.15, 0.2) is 0 Å². The van der Waals surface area contributed by atoms with E-state index >= 15 is 0 Å². The molecule has 1 saturated carbocycles. The van der Waals surface area contributed by atoms with Crippen molar-refractivity contribution in [3.8, 4) is 0 Å². The Balaban J connectivity index is 1.54. The Morgan fingerprint density at radius 1 is 1.28 bits per heavy atom. The van der Waals surface area contributed by atoms with Gasteiger partial charge >= 0.3 is 0 Å². The Labute approximate surface area is 154 Å². The highest BCUT2D eigenvalue weighted by molar-refractivity contribution is 6.36. The van der Waals surface area contributed by atoms with E-state index in [4.69, 9.17) is 23.2 Å². The molecule has 4 rings (SSSR count). The summed E-state index contributed by atoms with van der Waals surface area (Å²) in [6.45, 7) is 2.07. The highest BCUT2D eigenvalue weighted by atomic mass is 35.5. The van der Waals surface area contributed by atoms with Crippen LogP contribution in [0.5, 0.6) is 0 Å². The van der Waals surface area contributed by atoms with Gasteiger partial charge in [-0.25, -0.2) is 9.97 Å². The largest absolute Gasteiger partial charge is 0.310 e. The van der Waals surface area contributed by atoms with Crippen molar-refractivity contribution in [3.05, 3.63) is 46.6 Å². The monoisotopic (exact) mass is 375 g/mol. The van der Waals surface area contributed by atoms with Crippen LogP contribution in [0.4, 0.5) is 5.82 Å². The van der Waals surface area contributed by atoms with Gasteiger partial charge in [-0.1, -0.05) is 30.1 Å². The second kappa shape index (κ2) is 5.97. The van der Waals surface area contributed by atoms with Gasteiger partial charge in [0.25, 0.3) is 0 Å². The summed E-state index contributed by atoms with van der Waals surface area (Å²) in [5.74, 6) is 0.825. The van der Waals surface area contributed by atoms with Crippen LogP contribution in [0.25, 0.3) is 10.8 Å². The van der Waals surface area contributed by atoms with Crippen LogP contribution in [-0.4, -0.2) is 25.7 Å². The Kier molecular flexibility index (Phi) is 3.89. The van der Waals surface area contributed by atoms with E-state index in [9.17, 15) is 4.79 Å². The van der Waals surface area contributed by atoms with E-state index in [1.165, 1.54) is 0 Å². The first-order valence-electron chi connectivity index (χ1n) is 7.85. The van der Waals surface area contributed by atoms with E-state index in [0.717, 1.165) is 10.9 Å². The summed E-state index contributed by atoms with van der Waals surface area (Å²) < 4.78 is 1.75. The first-order chi connectivity index (χ1) is 11.9. The van der Waals surface area contributed by atoms with E-state index in [2.05, 4.69) is 27.3 Å². The SMILES string of the molecule is CC1[C@H](C(=O)Nc2cc3cc(Cl)nc(Cl)c3cn2)[C@H]1c1cnn(C)c1. The minimum atomic E-state index is -0.0775. The second-order valence-electron chi connectivity index (χ2n) is 6.37. The van der Waals surface area contributed by atoms with Crippen molar-refractivity contribution >= 4 is 45.7 Å². The van der Waals surface area contributed by atoms with Crippen molar-refractivity contribution in [1.82, 2.24) is 19.7 Å². The van der Waals surface area contributed by atoms with Gasteiger partial charge in [-0.15, -0.1) is 0 Å². The van der Waals surface area contributed by atoms with Gasteiger partial charge in [0, 0.05) is 36.7 Å². The van der Waals surface area contributed by atoms with Crippen LogP contribution in [0.1, 0.15) is 18.4 Å². The molecule has 1 aliphatic rings. The molecule has 3 heterocycles. The average Bonchev–Trinajstić information content (AvgIpc) is 3.02. The molecule has 0 saturated heterocycles. The number of nitrogens with one attached hydrogen (secondary N) is 1. The standard InChI is InChI=1S/C17H15Cl2N5O/c1-8-14(10-5-21-24(2)7-10)15(8)17(25)23-13-4-9-3-12(18)22-16(19)11(9)6-20-13/h3-8,14-15H,1-2H3,(H,20,23,25)/t8?,14-,15+/m1/s1. The molecule has 1 fully saturated rings. The molecule has 25 heavy (non-hydrogen) atoms. The van der Waals surface area contributed by atoms with Gasteiger partial charge in [-0.3, -0.25) is 9.48 Å². The fraction of sp³-hybridized carbons (Fsp3) is 0.294. The van der Waals surface area contributed by atoms with Crippen LogP contribution < -0.4 is 5.32 Å². The van der Waals surface area contributed by atoms with E-state index in [-0.39, 0.29) is 23.7 Å². The van der Waals surface area contributed by atoms with Crippen molar-refractivity contribution in [2.24, 2.45) is 18.9 Å². The zero-order valence-corrected chi connectivity index (χ0v) is 15.1. The highest BCUT2D eigenvalue weighted by Gasteiger charge is 2.52. The molecule has 0 radical (unpaired) electrons. The summed E-state index contributed by atoms with van der Waals surface area (Å²) in [5.41, 5.74) is 1.09. The molecule has 3 aromatic rings. The maximum Gasteiger partial charge on any atom is 0.229 e. The second-order valence-corrected chi connectivity index (χ2v) is 7.12. The molecule has 0 bridgehead atoms. The topological polar surface area (TPSA) is 72.7 Å². The van der Waals surface area contributed by atoms with Gasteiger partial charge in [0.2, 0.25) is 5.91 Å². The Hall–Kier alpha value is -2.18. The summed E-state index contributed by atoms with van der Waals surface area (Å²) >= 11 is 12.0. The normalized spacial score (nSPS) is 22.2. The van der Waals surface area contributed by atoms with Crippen molar-refractivity contribution in [1.29, 1.82) is 0 Å². The molecule has 0 aliphatic heterocycles. The maximum absolute atomic E-state index is 12.6. The number of rotatable bonds is 3. The van der Waals surface area contributed by atoms with Crippen molar-refractivity contribution in [3.63, 3.8) is 0 Å². The van der Waals surface area contributed by atoms with E-state index in [0.29, 0.717) is 21.5 Å². The number of fused-ring (bicyclic) bond motifs is 1. The molecular weight excluding hydrogens is 361 g/mol. The molecule has 3 aromatic heterocycles. The zero-order valence-electron chi connectivity index (χ0n) is 13.6. The smallest absolute Gasteiger partial charge is 0.229 e. The molecule has 8 heteroatoms. The van der Waals surface area contributed by atoms with Gasteiger partial charge in [0.1, 0.15) is 16.1 Å². The molecule has 0 spiro atoms. The molecular formula is C17H15Cl2N5O. The van der Waals surface area contributed by atoms with Crippen LogP contribution in [0.2, 0.25) is 10.3 Å². The first kappa shape index (κ1) is 16.3. The molecule has 6 nitrogen and oxygen atoms in total. The highest BCUT2D eigenvalue weighted by Crippen LogP contribution is 2.54. The number of nitrogens with zero attached hydrogens (tertiary/aromatic N) is 4. The minimum Gasteiger partial charge on any atom is -0.310 e. The van der Waals surface area contributed by atoms with Crippen LogP contribution in [-0.2, 0) is 11.8 Å². The van der Waals surface area contributed by atoms with Gasteiger partial charge in [-0.05, 0) is 29.0 Å². The van der Waals surface area contributed by atoms with Crippen LogP contribution in [0, 0.1) is 11.8 Å². The van der Waals surface area contributed by atoms with Gasteiger partial charge < -0.3 is 5.32 Å². The summed E-state index contributed by atoms with van der Waals surface area (Å²) in [6.07, 6.45) is 5.37.